The van der Waals surface area contributed by atoms with Crippen LogP contribution in [0.3, 0.4) is 0 Å². The highest BCUT2D eigenvalue weighted by atomic mass is 32.2. The Morgan fingerprint density at radius 2 is 2.08 bits per heavy atom. The third kappa shape index (κ3) is 3.45. The Labute approximate surface area is 75.8 Å². The maximum Gasteiger partial charge on any atom is 0.139 e. The normalized spacial score (nSPS) is 20.1. The van der Waals surface area contributed by atoms with E-state index >= 15 is 0 Å². The quantitative estimate of drug-likeness (QED) is 0.654. The van der Waals surface area contributed by atoms with Gasteiger partial charge in [0.25, 0.3) is 0 Å². The molecule has 1 heterocycles. The van der Waals surface area contributed by atoms with Gasteiger partial charge < -0.3 is 4.74 Å². The Balaban J connectivity index is 2.38. The molecule has 1 saturated heterocycles. The van der Waals surface area contributed by atoms with Gasteiger partial charge in [-0.05, 0) is 5.41 Å². The van der Waals surface area contributed by atoms with E-state index in [0.29, 0.717) is 19.0 Å². The summed E-state index contributed by atoms with van der Waals surface area (Å²) in [5.74, 6) is 0.622. The third-order valence-electron chi connectivity index (χ3n) is 1.32. The van der Waals surface area contributed by atoms with E-state index < -0.39 is 11.0 Å². The average molecular weight is 189 g/mol. The maximum atomic E-state index is 11.3. The summed E-state index contributed by atoms with van der Waals surface area (Å²) in [5.41, 5.74) is 1.01. The van der Waals surface area contributed by atoms with Crippen LogP contribution in [0.4, 0.5) is 0 Å². The van der Waals surface area contributed by atoms with E-state index in [1.54, 1.807) is 0 Å². The maximum absolute atomic E-state index is 11.3. The molecule has 0 aromatic rings. The molecule has 12 heavy (non-hydrogen) atoms. The lowest BCUT2D eigenvalue weighted by molar-refractivity contribution is 0.160. The lowest BCUT2D eigenvalue weighted by Gasteiger charge is -2.18. The molecule has 1 aliphatic heterocycles. The summed E-state index contributed by atoms with van der Waals surface area (Å²) >= 11 is 0. The standard InChI is InChI=1S/C8H15NO2S/c1-8(2,3)6-12(10)9-7-4-11-5-7/h4-6H2,1-3H3. The molecule has 70 valence electrons. The molecule has 1 rings (SSSR count). The second-order valence-corrected chi connectivity index (χ2v) is 5.29. The van der Waals surface area contributed by atoms with Crippen LogP contribution < -0.4 is 0 Å². The number of hydrogen-bond acceptors (Lipinski definition) is 2. The highest BCUT2D eigenvalue weighted by molar-refractivity contribution is 7.83. The van der Waals surface area contributed by atoms with E-state index in [0.717, 1.165) is 5.71 Å². The average Bonchev–Trinajstić information content (AvgIpc) is 1.74. The second kappa shape index (κ2) is 3.66. The number of ether oxygens (including phenoxy) is 1. The van der Waals surface area contributed by atoms with Crippen LogP contribution in [0.1, 0.15) is 20.8 Å². The van der Waals surface area contributed by atoms with Gasteiger partial charge in [-0.25, -0.2) is 4.21 Å². The van der Waals surface area contributed by atoms with Crippen molar-refractivity contribution in [2.24, 2.45) is 9.81 Å². The fraction of sp³-hybridized carbons (Fsp3) is 0.875. The molecule has 0 N–H and O–H groups in total. The van der Waals surface area contributed by atoms with E-state index in [1.165, 1.54) is 0 Å². The first-order chi connectivity index (χ1) is 5.47. The molecule has 4 heteroatoms. The van der Waals surface area contributed by atoms with Crippen LogP contribution in [0.15, 0.2) is 4.40 Å². The van der Waals surface area contributed by atoms with E-state index in [2.05, 4.69) is 25.2 Å². The minimum Gasteiger partial charge on any atom is -0.369 e. The molecule has 0 aromatic heterocycles. The Hall–Kier alpha value is -0.220. The topological polar surface area (TPSA) is 38.7 Å². The lowest BCUT2D eigenvalue weighted by atomic mass is 10.0. The van der Waals surface area contributed by atoms with Crippen molar-refractivity contribution in [2.75, 3.05) is 19.0 Å². The zero-order valence-electron chi connectivity index (χ0n) is 7.79. The summed E-state index contributed by atoms with van der Waals surface area (Å²) in [4.78, 5) is 0. The molecular weight excluding hydrogens is 174 g/mol. The van der Waals surface area contributed by atoms with Gasteiger partial charge >= 0.3 is 0 Å². The molecule has 1 atom stereocenters. The van der Waals surface area contributed by atoms with Crippen molar-refractivity contribution in [1.82, 2.24) is 0 Å². The molecule has 1 fully saturated rings. The Kier molecular flexibility index (Phi) is 3.01. The van der Waals surface area contributed by atoms with Crippen LogP contribution in [-0.4, -0.2) is 28.9 Å². The van der Waals surface area contributed by atoms with Crippen LogP contribution in [-0.2, 0) is 15.7 Å². The summed E-state index contributed by atoms with van der Waals surface area (Å²) in [7, 11) is -1.06. The molecular formula is C8H15NO2S. The lowest BCUT2D eigenvalue weighted by Crippen LogP contribution is -2.28. The van der Waals surface area contributed by atoms with Crippen LogP contribution in [0, 0.1) is 5.41 Å². The molecule has 0 spiro atoms. The van der Waals surface area contributed by atoms with Gasteiger partial charge in [0.15, 0.2) is 0 Å². The zero-order valence-corrected chi connectivity index (χ0v) is 8.61. The van der Waals surface area contributed by atoms with E-state index in [9.17, 15) is 4.21 Å². The number of nitrogens with zero attached hydrogens (tertiary/aromatic N) is 1. The highest BCUT2D eigenvalue weighted by Gasteiger charge is 2.17. The first-order valence-corrected chi connectivity index (χ1v) is 5.28. The van der Waals surface area contributed by atoms with Crippen LogP contribution in [0.5, 0.6) is 0 Å². The van der Waals surface area contributed by atoms with Crippen molar-refractivity contribution in [3.05, 3.63) is 0 Å². The summed E-state index contributed by atoms with van der Waals surface area (Å²) in [6.07, 6.45) is 0. The van der Waals surface area contributed by atoms with Crippen LogP contribution in [0.2, 0.25) is 0 Å². The van der Waals surface area contributed by atoms with Gasteiger partial charge in [-0.3, -0.25) is 0 Å². The summed E-state index contributed by atoms with van der Waals surface area (Å²) < 4.78 is 20.3. The summed E-state index contributed by atoms with van der Waals surface area (Å²) in [5, 5.41) is 0. The van der Waals surface area contributed by atoms with Crippen molar-refractivity contribution >= 4 is 16.7 Å². The Morgan fingerprint density at radius 3 is 2.42 bits per heavy atom. The molecule has 0 bridgehead atoms. The monoisotopic (exact) mass is 189 g/mol. The molecule has 0 aromatic carbocycles. The predicted molar refractivity (Wildman–Crippen MR) is 50.7 cm³/mol. The molecule has 0 radical (unpaired) electrons. The van der Waals surface area contributed by atoms with Crippen molar-refractivity contribution in [3.8, 4) is 0 Å². The fourth-order valence-corrected chi connectivity index (χ4v) is 1.99. The molecule has 0 aliphatic carbocycles. The Bertz CT molecular complexity index is 212. The largest absolute Gasteiger partial charge is 0.369 e. The van der Waals surface area contributed by atoms with Gasteiger partial charge in [0.2, 0.25) is 0 Å². The Morgan fingerprint density at radius 1 is 1.50 bits per heavy atom. The van der Waals surface area contributed by atoms with Gasteiger partial charge in [0.05, 0.1) is 18.9 Å². The van der Waals surface area contributed by atoms with Gasteiger partial charge in [-0.1, -0.05) is 20.8 Å². The van der Waals surface area contributed by atoms with Crippen molar-refractivity contribution < 1.29 is 8.95 Å². The van der Waals surface area contributed by atoms with Crippen molar-refractivity contribution in [1.29, 1.82) is 0 Å². The van der Waals surface area contributed by atoms with Gasteiger partial charge in [0.1, 0.15) is 11.0 Å². The first-order valence-electron chi connectivity index (χ1n) is 4.00. The SMILES string of the molecule is CC(C)(C)CS(=O)N=C1COC1. The zero-order chi connectivity index (χ0) is 9.19. The number of hydrogen-bond donors (Lipinski definition) is 0. The van der Waals surface area contributed by atoms with Crippen molar-refractivity contribution in [2.45, 2.75) is 20.8 Å². The summed E-state index contributed by atoms with van der Waals surface area (Å²) in [6, 6.07) is 0. The van der Waals surface area contributed by atoms with Gasteiger partial charge in [-0.2, -0.15) is 4.40 Å². The van der Waals surface area contributed by atoms with E-state index in [4.69, 9.17) is 4.74 Å². The van der Waals surface area contributed by atoms with Crippen LogP contribution in [0.25, 0.3) is 0 Å². The molecule has 0 saturated carbocycles. The molecule has 0 amide bonds. The number of rotatable bonds is 2. The van der Waals surface area contributed by atoms with E-state index in [1.807, 2.05) is 0 Å². The first kappa shape index (κ1) is 9.86. The van der Waals surface area contributed by atoms with E-state index in [-0.39, 0.29) is 5.41 Å². The van der Waals surface area contributed by atoms with Crippen LogP contribution >= 0.6 is 0 Å². The fourth-order valence-electron chi connectivity index (χ4n) is 0.793. The third-order valence-corrected chi connectivity index (χ3v) is 2.90. The minimum atomic E-state index is -1.06. The highest BCUT2D eigenvalue weighted by Crippen LogP contribution is 2.15. The van der Waals surface area contributed by atoms with Crippen molar-refractivity contribution in [3.63, 3.8) is 0 Å². The molecule has 1 unspecified atom stereocenters. The summed E-state index contributed by atoms with van der Waals surface area (Å²) in [6.45, 7) is 7.30. The smallest absolute Gasteiger partial charge is 0.139 e. The molecule has 3 nitrogen and oxygen atoms in total. The predicted octanol–water partition coefficient (Wildman–Crippen LogP) is 1.17. The minimum absolute atomic E-state index is 0.0829. The van der Waals surface area contributed by atoms with Gasteiger partial charge in [0, 0.05) is 5.75 Å². The van der Waals surface area contributed by atoms with Gasteiger partial charge in [-0.15, -0.1) is 0 Å². The molecule has 1 aliphatic rings. The second-order valence-electron chi connectivity index (χ2n) is 4.18.